The van der Waals surface area contributed by atoms with Crippen LogP contribution in [-0.4, -0.2) is 25.5 Å². The van der Waals surface area contributed by atoms with Crippen LogP contribution in [0.25, 0.3) is 0 Å². The summed E-state index contributed by atoms with van der Waals surface area (Å²) < 4.78 is 19.2. The van der Waals surface area contributed by atoms with Gasteiger partial charge in [-0.15, -0.1) is 0 Å². The molecule has 4 nitrogen and oxygen atoms in total. The van der Waals surface area contributed by atoms with Crippen molar-refractivity contribution < 1.29 is 81.7 Å². The molecule has 0 aliphatic carbocycles. The number of hydrogen-bond donors (Lipinski definition) is 1. The molecule has 1 atom stereocenters. The maximum Gasteiger partial charge on any atom is 1.00 e. The van der Waals surface area contributed by atoms with Crippen LogP contribution in [0.1, 0.15) is 35.5 Å². The molecular weight excluding hydrogens is 278 g/mol. The second kappa shape index (κ2) is 19.0. The Morgan fingerprint density at radius 2 is 1.73 bits per heavy atom. The van der Waals surface area contributed by atoms with Crippen molar-refractivity contribution in [1.82, 2.24) is 0 Å². The van der Waals surface area contributed by atoms with E-state index in [4.69, 9.17) is 4.55 Å². The Balaban J connectivity index is -0.0000000333. The molecule has 0 rings (SSSR count). The summed E-state index contributed by atoms with van der Waals surface area (Å²) in [5.74, 6) is 0.707. The van der Waals surface area contributed by atoms with Crippen LogP contribution < -0.4 is 59.1 Å². The minimum Gasteiger partial charge on any atom is -1.00 e. The van der Waals surface area contributed by atoms with Crippen LogP contribution in [0.15, 0.2) is 0 Å². The summed E-state index contributed by atoms with van der Waals surface area (Å²) in [7, 11) is -1.98. The summed E-state index contributed by atoms with van der Waals surface area (Å²) in [4.78, 5) is 0. The zero-order chi connectivity index (χ0) is 8.74. The minimum absolute atomic E-state index is 0. The number of hydrogen-bond acceptors (Lipinski definition) is 3. The Bertz CT molecular complexity index is 196. The summed E-state index contributed by atoms with van der Waals surface area (Å²) in [5.41, 5.74) is 0. The van der Waals surface area contributed by atoms with E-state index in [0.29, 0.717) is 5.75 Å². The summed E-state index contributed by atoms with van der Waals surface area (Å²) in [6.45, 7) is 2.13. The predicted octanol–water partition coefficient (Wildman–Crippen LogP) is -4.98. The van der Waals surface area contributed by atoms with Gasteiger partial charge in [0.15, 0.2) is 7.80 Å². The van der Waals surface area contributed by atoms with Gasteiger partial charge in [-0.05, 0) is 17.2 Å². The van der Waals surface area contributed by atoms with Gasteiger partial charge in [-0.25, -0.2) is 4.21 Å². The summed E-state index contributed by atoms with van der Waals surface area (Å²) in [6.07, 6.45) is 4.51. The van der Waals surface area contributed by atoms with E-state index in [1.165, 1.54) is 12.8 Å². The molecule has 0 bridgehead atoms. The molecule has 5 N–H and O–H groups in total. The summed E-state index contributed by atoms with van der Waals surface area (Å²) in [6, 6.07) is 0. The molecular formula is C6H20Na2O4S3. The van der Waals surface area contributed by atoms with Gasteiger partial charge in [0.1, 0.15) is 0 Å². The van der Waals surface area contributed by atoms with Crippen molar-refractivity contribution in [1.29, 1.82) is 0 Å². The monoisotopic (exact) mass is 298 g/mol. The molecule has 9 heteroatoms. The van der Waals surface area contributed by atoms with Crippen molar-refractivity contribution in [3.05, 3.63) is 0 Å². The van der Waals surface area contributed by atoms with Crippen molar-refractivity contribution in [3.8, 4) is 0 Å². The van der Waals surface area contributed by atoms with Gasteiger partial charge in [-0.3, -0.25) is 4.55 Å². The van der Waals surface area contributed by atoms with Gasteiger partial charge in [-0.1, -0.05) is 26.2 Å². The van der Waals surface area contributed by atoms with E-state index in [9.17, 15) is 4.21 Å². The first kappa shape index (κ1) is 30.5. The molecule has 1 unspecified atom stereocenters. The maximum atomic E-state index is 10.6. The van der Waals surface area contributed by atoms with E-state index >= 15 is 0 Å². The number of rotatable bonds is 6. The van der Waals surface area contributed by atoms with Crippen LogP contribution in [-0.2, 0) is 19.0 Å². The van der Waals surface area contributed by atoms with Gasteiger partial charge in [-0.2, -0.15) is 0 Å². The molecule has 0 aliphatic rings. The Morgan fingerprint density at radius 1 is 1.27 bits per heavy atom. The van der Waals surface area contributed by atoms with Gasteiger partial charge < -0.3 is 13.8 Å². The third-order valence-electron chi connectivity index (χ3n) is 1.23. The predicted molar refractivity (Wildman–Crippen MR) is 64.2 cm³/mol. The smallest absolute Gasteiger partial charge is 1.00 e. The van der Waals surface area contributed by atoms with E-state index in [0.717, 1.165) is 23.6 Å². The van der Waals surface area contributed by atoms with E-state index in [-0.39, 0.29) is 72.9 Å². The maximum absolute atomic E-state index is 10.6. The topological polar surface area (TPSA) is 100 Å². The molecule has 0 heterocycles. The van der Waals surface area contributed by atoms with Crippen LogP contribution in [0.2, 0.25) is 0 Å². The van der Waals surface area contributed by atoms with Crippen LogP contribution in [0.3, 0.4) is 0 Å². The molecule has 0 saturated heterocycles. The standard InChI is InChI=1S/C6H14O2S3.2Na.2H2O.2H/c1-2-3-4-5-6-10-11(7,8)9;;;;;;/h2-6H2,1H3,(H,7,8,9);;;2*1H2;;/q;2*+1;;;2*-1. The summed E-state index contributed by atoms with van der Waals surface area (Å²) >= 11 is 4.31. The van der Waals surface area contributed by atoms with Gasteiger partial charge >= 0.3 is 59.1 Å². The average molecular weight is 298 g/mol. The normalized spacial score (nSPS) is 11.9. The van der Waals surface area contributed by atoms with E-state index in [2.05, 4.69) is 18.1 Å². The van der Waals surface area contributed by atoms with Crippen LogP contribution in [0.4, 0.5) is 0 Å². The second-order valence-corrected chi connectivity index (χ2v) is 7.86. The molecule has 0 aromatic carbocycles. The fraction of sp³-hybridized carbons (Fsp3) is 1.00. The van der Waals surface area contributed by atoms with Crippen molar-refractivity contribution in [2.45, 2.75) is 32.6 Å². The van der Waals surface area contributed by atoms with Gasteiger partial charge in [0.25, 0.3) is 0 Å². The fourth-order valence-corrected chi connectivity index (χ4v) is 2.82. The molecule has 0 radical (unpaired) electrons. The third kappa shape index (κ3) is 31.5. The van der Waals surface area contributed by atoms with E-state index in [1.54, 1.807) is 0 Å². The first-order valence-electron chi connectivity index (χ1n) is 3.68. The first-order valence-corrected chi connectivity index (χ1v) is 7.62. The Labute approximate surface area is 148 Å². The molecule has 0 amide bonds. The van der Waals surface area contributed by atoms with Crippen molar-refractivity contribution in [3.63, 3.8) is 0 Å². The van der Waals surface area contributed by atoms with Crippen molar-refractivity contribution in [2.24, 2.45) is 0 Å². The quantitative estimate of drug-likeness (QED) is 0.301. The second-order valence-electron chi connectivity index (χ2n) is 2.31. The van der Waals surface area contributed by atoms with Crippen LogP contribution in [0, 0.1) is 0 Å². The van der Waals surface area contributed by atoms with E-state index < -0.39 is 7.80 Å². The van der Waals surface area contributed by atoms with Crippen molar-refractivity contribution in [2.75, 3.05) is 5.75 Å². The van der Waals surface area contributed by atoms with Gasteiger partial charge in [0, 0.05) is 16.9 Å². The SMILES string of the molecule is CCCCCCSS(=O)(O)=S.O.O.[H-].[H-].[Na+].[Na+]. The Morgan fingerprint density at radius 3 is 2.07 bits per heavy atom. The fourth-order valence-electron chi connectivity index (χ4n) is 0.693. The third-order valence-corrected chi connectivity index (χ3v) is 4.24. The molecule has 0 aliphatic heterocycles. The molecule has 0 spiro atoms. The largest absolute Gasteiger partial charge is 1.00 e. The van der Waals surface area contributed by atoms with Crippen LogP contribution in [0.5, 0.6) is 0 Å². The van der Waals surface area contributed by atoms with Crippen LogP contribution >= 0.6 is 10.8 Å². The zero-order valence-corrected chi connectivity index (χ0v) is 16.1. The molecule has 0 fully saturated rings. The number of unbranched alkanes of at least 4 members (excludes halogenated alkanes) is 3. The molecule has 0 aromatic rings. The molecule has 88 valence electrons. The minimum atomic E-state index is -2.96. The van der Waals surface area contributed by atoms with E-state index in [1.807, 2.05) is 0 Å². The Kier molecular flexibility index (Phi) is 38.6. The summed E-state index contributed by atoms with van der Waals surface area (Å²) in [5, 5.41) is 0. The average Bonchev–Trinajstić information content (AvgIpc) is 1.85. The van der Waals surface area contributed by atoms with Gasteiger partial charge in [0.2, 0.25) is 0 Å². The molecule has 0 saturated carbocycles. The Hall–Kier alpha value is 2.60. The van der Waals surface area contributed by atoms with Crippen molar-refractivity contribution >= 4 is 29.8 Å². The zero-order valence-electron chi connectivity index (χ0n) is 11.6. The molecule has 0 aromatic heterocycles. The van der Waals surface area contributed by atoms with Gasteiger partial charge in [0.05, 0.1) is 0 Å². The molecule has 15 heavy (non-hydrogen) atoms. The first-order chi connectivity index (χ1) is 5.06.